The lowest BCUT2D eigenvalue weighted by atomic mass is 10.1. The van der Waals surface area contributed by atoms with Gasteiger partial charge in [0.15, 0.2) is 0 Å². The van der Waals surface area contributed by atoms with Gasteiger partial charge in [0.25, 0.3) is 10.0 Å². The maximum atomic E-state index is 13.4. The first kappa shape index (κ1) is 22.7. The van der Waals surface area contributed by atoms with Crippen molar-refractivity contribution in [1.82, 2.24) is 5.32 Å². The topological polar surface area (TPSA) is 75.7 Å². The molecule has 2 aromatic carbocycles. The van der Waals surface area contributed by atoms with Crippen LogP contribution in [-0.4, -0.2) is 33.5 Å². The Morgan fingerprint density at radius 2 is 1.69 bits per heavy atom. The molecule has 0 spiro atoms. The number of nitrogens with one attached hydrogen (secondary N) is 1. The number of ether oxygens (including phenoxy) is 1. The minimum atomic E-state index is -3.97. The van der Waals surface area contributed by atoms with Crippen LogP contribution in [-0.2, 0) is 14.8 Å². The van der Waals surface area contributed by atoms with Gasteiger partial charge in [-0.25, -0.2) is 8.42 Å². The number of hydrogen-bond acceptors (Lipinski definition) is 4. The lowest BCUT2D eigenvalue weighted by Gasteiger charge is -2.27. The van der Waals surface area contributed by atoms with Gasteiger partial charge in [-0.3, -0.25) is 9.10 Å². The van der Waals surface area contributed by atoms with Crippen LogP contribution in [0.25, 0.3) is 0 Å². The first-order chi connectivity index (χ1) is 13.7. The van der Waals surface area contributed by atoms with E-state index < -0.39 is 10.0 Å². The average Bonchev–Trinajstić information content (AvgIpc) is 2.67. The number of rotatable bonds is 9. The number of carbonyl (C=O) groups is 1. The zero-order valence-electron chi connectivity index (χ0n) is 17.7. The first-order valence-corrected chi connectivity index (χ1v) is 11.2. The maximum absolute atomic E-state index is 13.4. The van der Waals surface area contributed by atoms with Crippen LogP contribution in [0.2, 0.25) is 0 Å². The predicted molar refractivity (Wildman–Crippen MR) is 116 cm³/mol. The summed E-state index contributed by atoms with van der Waals surface area (Å²) < 4.78 is 33.6. The van der Waals surface area contributed by atoms with E-state index in [1.165, 1.54) is 0 Å². The van der Waals surface area contributed by atoms with E-state index in [0.29, 0.717) is 18.0 Å². The highest BCUT2D eigenvalue weighted by molar-refractivity contribution is 7.92. The second-order valence-electron chi connectivity index (χ2n) is 7.33. The van der Waals surface area contributed by atoms with Crippen molar-refractivity contribution in [3.05, 3.63) is 54.1 Å². The van der Waals surface area contributed by atoms with Crippen LogP contribution in [0.4, 0.5) is 5.69 Å². The normalized spacial score (nSPS) is 12.5. The Kier molecular flexibility index (Phi) is 7.67. The molecule has 0 saturated carbocycles. The van der Waals surface area contributed by atoms with Gasteiger partial charge in [0.2, 0.25) is 5.91 Å². The van der Waals surface area contributed by atoms with E-state index in [0.717, 1.165) is 9.87 Å². The number of carbonyl (C=O) groups excluding carboxylic acids is 1. The van der Waals surface area contributed by atoms with Crippen LogP contribution in [0.5, 0.6) is 5.75 Å². The molecule has 0 aliphatic rings. The number of nitrogens with zero attached hydrogens (tertiary/aromatic N) is 1. The van der Waals surface area contributed by atoms with Crippen molar-refractivity contribution in [1.29, 1.82) is 0 Å². The second kappa shape index (κ2) is 9.78. The highest BCUT2D eigenvalue weighted by Crippen LogP contribution is 2.32. The van der Waals surface area contributed by atoms with Crippen molar-refractivity contribution in [2.24, 2.45) is 5.92 Å². The minimum Gasteiger partial charge on any atom is -0.492 e. The number of hydrogen-bond donors (Lipinski definition) is 1. The molecule has 0 aliphatic heterocycles. The molecular weight excluding hydrogens is 388 g/mol. The SMILES string of the molecule is CCOc1ccccc1N(CC(=O)NC(C)C(C)C)S(=O)(=O)c1ccc(C)cc1. The molecule has 6 nitrogen and oxygen atoms in total. The van der Waals surface area contributed by atoms with Gasteiger partial charge in [0.05, 0.1) is 17.2 Å². The van der Waals surface area contributed by atoms with Gasteiger partial charge in [-0.05, 0) is 51.0 Å². The fourth-order valence-electron chi connectivity index (χ4n) is 2.67. The van der Waals surface area contributed by atoms with E-state index >= 15 is 0 Å². The summed E-state index contributed by atoms with van der Waals surface area (Å²) in [5.74, 6) is 0.278. The van der Waals surface area contributed by atoms with Crippen molar-refractivity contribution in [2.45, 2.75) is 45.6 Å². The molecule has 2 aromatic rings. The smallest absolute Gasteiger partial charge is 0.264 e. The molecular formula is C22H30N2O4S. The molecule has 1 atom stereocenters. The van der Waals surface area contributed by atoms with Gasteiger partial charge in [-0.15, -0.1) is 0 Å². The zero-order chi connectivity index (χ0) is 21.6. The van der Waals surface area contributed by atoms with Gasteiger partial charge in [-0.1, -0.05) is 43.7 Å². The van der Waals surface area contributed by atoms with E-state index in [-0.39, 0.29) is 29.3 Å². The van der Waals surface area contributed by atoms with Crippen LogP contribution in [0.1, 0.15) is 33.3 Å². The average molecular weight is 419 g/mol. The molecule has 1 N–H and O–H groups in total. The fourth-order valence-corrected chi connectivity index (χ4v) is 4.11. The lowest BCUT2D eigenvalue weighted by Crippen LogP contribution is -2.45. The number of sulfonamides is 1. The summed E-state index contributed by atoms with van der Waals surface area (Å²) in [4.78, 5) is 12.8. The summed E-state index contributed by atoms with van der Waals surface area (Å²) in [5.41, 5.74) is 1.29. The molecule has 1 unspecified atom stereocenters. The first-order valence-electron chi connectivity index (χ1n) is 9.77. The molecule has 1 amide bonds. The second-order valence-corrected chi connectivity index (χ2v) is 9.19. The summed E-state index contributed by atoms with van der Waals surface area (Å²) in [5, 5.41) is 2.88. The van der Waals surface area contributed by atoms with Gasteiger partial charge in [-0.2, -0.15) is 0 Å². The lowest BCUT2D eigenvalue weighted by molar-refractivity contribution is -0.120. The molecule has 7 heteroatoms. The van der Waals surface area contributed by atoms with E-state index in [2.05, 4.69) is 5.32 Å². The Morgan fingerprint density at radius 3 is 2.28 bits per heavy atom. The molecule has 158 valence electrons. The summed E-state index contributed by atoms with van der Waals surface area (Å²) >= 11 is 0. The largest absolute Gasteiger partial charge is 0.492 e. The summed E-state index contributed by atoms with van der Waals surface area (Å²) in [7, 11) is -3.97. The van der Waals surface area contributed by atoms with Crippen molar-refractivity contribution >= 4 is 21.6 Å². The van der Waals surface area contributed by atoms with Gasteiger partial charge in [0.1, 0.15) is 12.3 Å². The number of anilines is 1. The monoisotopic (exact) mass is 418 g/mol. The molecule has 0 aromatic heterocycles. The molecule has 29 heavy (non-hydrogen) atoms. The number of amides is 1. The minimum absolute atomic E-state index is 0.0754. The van der Waals surface area contributed by atoms with Crippen molar-refractivity contribution in [3.8, 4) is 5.75 Å². The predicted octanol–water partition coefficient (Wildman–Crippen LogP) is 3.75. The molecule has 0 bridgehead atoms. The fraction of sp³-hybridized carbons (Fsp3) is 0.409. The maximum Gasteiger partial charge on any atom is 0.264 e. The third-order valence-corrected chi connectivity index (χ3v) is 6.49. The standard InChI is InChI=1S/C22H30N2O4S/c1-6-28-21-10-8-7-9-20(21)24(15-22(25)23-18(5)16(2)3)29(26,27)19-13-11-17(4)12-14-19/h7-14,16,18H,6,15H2,1-5H3,(H,23,25). The number of benzene rings is 2. The van der Waals surface area contributed by atoms with Crippen LogP contribution in [0, 0.1) is 12.8 Å². The summed E-state index contributed by atoms with van der Waals surface area (Å²) in [6, 6.07) is 13.3. The van der Waals surface area contributed by atoms with Crippen LogP contribution in [0.3, 0.4) is 0 Å². The van der Waals surface area contributed by atoms with Crippen molar-refractivity contribution in [2.75, 3.05) is 17.5 Å². The quantitative estimate of drug-likeness (QED) is 0.673. The highest BCUT2D eigenvalue weighted by Gasteiger charge is 2.29. The Morgan fingerprint density at radius 1 is 1.07 bits per heavy atom. The van der Waals surface area contributed by atoms with E-state index in [1.807, 2.05) is 34.6 Å². The number of para-hydroxylation sites is 2. The molecule has 0 aliphatic carbocycles. The molecule has 2 rings (SSSR count). The van der Waals surface area contributed by atoms with E-state index in [1.54, 1.807) is 48.5 Å². The third-order valence-electron chi connectivity index (χ3n) is 4.72. The van der Waals surface area contributed by atoms with Crippen molar-refractivity contribution in [3.63, 3.8) is 0 Å². The van der Waals surface area contributed by atoms with Crippen LogP contribution >= 0.6 is 0 Å². The van der Waals surface area contributed by atoms with Gasteiger partial charge >= 0.3 is 0 Å². The molecule has 0 fully saturated rings. The Hall–Kier alpha value is -2.54. The third kappa shape index (κ3) is 5.73. The summed E-state index contributed by atoms with van der Waals surface area (Å²) in [6.45, 7) is 9.65. The van der Waals surface area contributed by atoms with Crippen LogP contribution in [0.15, 0.2) is 53.4 Å². The van der Waals surface area contributed by atoms with Crippen molar-refractivity contribution < 1.29 is 17.9 Å². The number of aryl methyl sites for hydroxylation is 1. The Labute approximate surface area is 173 Å². The van der Waals surface area contributed by atoms with E-state index in [9.17, 15) is 13.2 Å². The van der Waals surface area contributed by atoms with Gasteiger partial charge in [0, 0.05) is 6.04 Å². The molecule has 0 saturated heterocycles. The molecule has 0 heterocycles. The van der Waals surface area contributed by atoms with Gasteiger partial charge < -0.3 is 10.1 Å². The zero-order valence-corrected chi connectivity index (χ0v) is 18.5. The Bertz CT molecular complexity index is 924. The molecule has 0 radical (unpaired) electrons. The summed E-state index contributed by atoms with van der Waals surface area (Å²) in [6.07, 6.45) is 0. The van der Waals surface area contributed by atoms with Crippen LogP contribution < -0.4 is 14.4 Å². The van der Waals surface area contributed by atoms with E-state index in [4.69, 9.17) is 4.74 Å². The highest BCUT2D eigenvalue weighted by atomic mass is 32.2. The Balaban J connectivity index is 2.48.